The zero-order chi connectivity index (χ0) is 13.7. The van der Waals surface area contributed by atoms with Crippen molar-refractivity contribution in [2.24, 2.45) is 0 Å². The molecule has 1 atom stereocenters. The predicted molar refractivity (Wildman–Crippen MR) is 74.9 cm³/mol. The van der Waals surface area contributed by atoms with E-state index in [4.69, 9.17) is 5.26 Å². The lowest BCUT2D eigenvalue weighted by Gasteiger charge is -2.10. The number of hydrogen-bond donors (Lipinski definition) is 2. The van der Waals surface area contributed by atoms with E-state index in [0.29, 0.717) is 16.6 Å². The van der Waals surface area contributed by atoms with E-state index in [2.05, 4.69) is 23.6 Å². The summed E-state index contributed by atoms with van der Waals surface area (Å²) >= 11 is 1.45. The predicted octanol–water partition coefficient (Wildman–Crippen LogP) is 2.56. The Morgan fingerprint density at radius 1 is 1.50 bits per heavy atom. The highest BCUT2D eigenvalue weighted by atomic mass is 32.1. The molecule has 1 amide bonds. The van der Waals surface area contributed by atoms with Gasteiger partial charge in [0.05, 0.1) is 12.1 Å². The largest absolute Gasteiger partial charge is 0.315 e. The first-order chi connectivity index (χ1) is 8.49. The molecule has 18 heavy (non-hydrogen) atoms. The summed E-state index contributed by atoms with van der Waals surface area (Å²) in [6.45, 7) is 8.23. The zero-order valence-corrected chi connectivity index (χ0v) is 12.1. The molecular formula is C13H19N3OS. The van der Waals surface area contributed by atoms with Crippen LogP contribution in [0, 0.1) is 25.2 Å². The number of carbonyl (C=O) groups is 1. The van der Waals surface area contributed by atoms with Gasteiger partial charge in [0, 0.05) is 10.9 Å². The van der Waals surface area contributed by atoms with Gasteiger partial charge in [0.15, 0.2) is 0 Å². The van der Waals surface area contributed by atoms with Crippen LogP contribution in [0.4, 0.5) is 5.00 Å². The van der Waals surface area contributed by atoms with Crippen molar-refractivity contribution in [3.8, 4) is 6.07 Å². The number of nitrogens with zero attached hydrogens (tertiary/aromatic N) is 1. The first kappa shape index (κ1) is 14.7. The molecule has 0 aromatic carbocycles. The van der Waals surface area contributed by atoms with E-state index in [1.165, 1.54) is 11.3 Å². The average molecular weight is 265 g/mol. The van der Waals surface area contributed by atoms with Gasteiger partial charge in [-0.25, -0.2) is 0 Å². The van der Waals surface area contributed by atoms with E-state index in [-0.39, 0.29) is 12.5 Å². The number of anilines is 1. The number of amides is 1. The summed E-state index contributed by atoms with van der Waals surface area (Å²) in [6.07, 6.45) is 0.980. The van der Waals surface area contributed by atoms with E-state index in [1.54, 1.807) is 0 Å². The van der Waals surface area contributed by atoms with Crippen molar-refractivity contribution in [2.75, 3.05) is 11.9 Å². The summed E-state index contributed by atoms with van der Waals surface area (Å²) in [5.74, 6) is -0.104. The number of rotatable bonds is 5. The normalized spacial score (nSPS) is 11.9. The van der Waals surface area contributed by atoms with Gasteiger partial charge in [-0.1, -0.05) is 6.92 Å². The molecule has 1 aromatic rings. The maximum Gasteiger partial charge on any atom is 0.238 e. The Morgan fingerprint density at radius 3 is 2.72 bits per heavy atom. The molecular weight excluding hydrogens is 246 g/mol. The van der Waals surface area contributed by atoms with Crippen LogP contribution in [-0.2, 0) is 4.79 Å². The lowest BCUT2D eigenvalue weighted by Crippen LogP contribution is -2.33. The number of thiophene rings is 1. The molecule has 1 rings (SSSR count). The fourth-order valence-corrected chi connectivity index (χ4v) is 2.46. The maximum absolute atomic E-state index is 11.7. The van der Waals surface area contributed by atoms with Crippen LogP contribution in [0.25, 0.3) is 0 Å². The molecule has 1 aromatic heterocycles. The van der Waals surface area contributed by atoms with Crippen LogP contribution in [0.5, 0.6) is 0 Å². The molecule has 0 aliphatic heterocycles. The number of carbonyl (C=O) groups excluding carboxylic acids is 1. The molecule has 1 heterocycles. The topological polar surface area (TPSA) is 64.9 Å². The van der Waals surface area contributed by atoms with Crippen LogP contribution in [0.1, 0.15) is 36.3 Å². The van der Waals surface area contributed by atoms with E-state index in [9.17, 15) is 4.79 Å². The molecule has 0 aliphatic rings. The van der Waals surface area contributed by atoms with Gasteiger partial charge < -0.3 is 10.6 Å². The molecule has 4 nitrogen and oxygen atoms in total. The minimum Gasteiger partial charge on any atom is -0.315 e. The fraction of sp³-hybridized carbons (Fsp3) is 0.538. The molecule has 1 unspecified atom stereocenters. The molecule has 0 saturated carbocycles. The third-order valence-corrected chi connectivity index (χ3v) is 4.10. The highest BCUT2D eigenvalue weighted by molar-refractivity contribution is 7.16. The van der Waals surface area contributed by atoms with Crippen molar-refractivity contribution < 1.29 is 4.79 Å². The van der Waals surface area contributed by atoms with Crippen LogP contribution in [0.3, 0.4) is 0 Å². The number of hydrogen-bond acceptors (Lipinski definition) is 4. The molecule has 0 bridgehead atoms. The summed E-state index contributed by atoms with van der Waals surface area (Å²) in [5, 5.41) is 15.6. The molecule has 98 valence electrons. The van der Waals surface area contributed by atoms with Gasteiger partial charge >= 0.3 is 0 Å². The second-order valence-corrected chi connectivity index (χ2v) is 5.56. The van der Waals surface area contributed by atoms with Gasteiger partial charge in [-0.3, -0.25) is 4.79 Å². The average Bonchev–Trinajstić information content (AvgIpc) is 2.61. The second kappa shape index (κ2) is 6.53. The molecule has 2 N–H and O–H groups in total. The van der Waals surface area contributed by atoms with E-state index >= 15 is 0 Å². The van der Waals surface area contributed by atoms with Gasteiger partial charge in [0.1, 0.15) is 11.1 Å². The van der Waals surface area contributed by atoms with Crippen molar-refractivity contribution in [3.63, 3.8) is 0 Å². The quantitative estimate of drug-likeness (QED) is 0.860. The van der Waals surface area contributed by atoms with Crippen LogP contribution in [0.2, 0.25) is 0 Å². The van der Waals surface area contributed by atoms with Crippen LogP contribution < -0.4 is 10.6 Å². The van der Waals surface area contributed by atoms with Gasteiger partial charge in [-0.2, -0.15) is 5.26 Å². The summed E-state index contributed by atoms with van der Waals surface area (Å²) < 4.78 is 0. The van der Waals surface area contributed by atoms with Gasteiger partial charge in [0.25, 0.3) is 0 Å². The van der Waals surface area contributed by atoms with E-state index in [0.717, 1.165) is 16.9 Å². The Morgan fingerprint density at radius 2 is 2.17 bits per heavy atom. The summed E-state index contributed by atoms with van der Waals surface area (Å²) in [4.78, 5) is 12.8. The molecule has 0 saturated heterocycles. The van der Waals surface area contributed by atoms with Crippen molar-refractivity contribution >= 4 is 22.2 Å². The van der Waals surface area contributed by atoms with Gasteiger partial charge in [0.2, 0.25) is 5.91 Å². The van der Waals surface area contributed by atoms with E-state index < -0.39 is 0 Å². The number of nitrogens with one attached hydrogen (secondary N) is 2. The molecule has 0 radical (unpaired) electrons. The minimum absolute atomic E-state index is 0.104. The van der Waals surface area contributed by atoms with Crippen molar-refractivity contribution in [2.45, 2.75) is 40.2 Å². The SMILES string of the molecule is CCC(C)NCC(=O)Nc1sc(C)c(C)c1C#N. The van der Waals surface area contributed by atoms with Crippen molar-refractivity contribution in [1.29, 1.82) is 5.26 Å². The Hall–Kier alpha value is -1.38. The molecule has 0 aliphatic carbocycles. The van der Waals surface area contributed by atoms with Gasteiger partial charge in [-0.05, 0) is 32.8 Å². The molecule has 0 spiro atoms. The van der Waals surface area contributed by atoms with Crippen molar-refractivity contribution in [1.82, 2.24) is 5.32 Å². The van der Waals surface area contributed by atoms with E-state index in [1.807, 2.05) is 20.8 Å². The first-order valence-corrected chi connectivity index (χ1v) is 6.84. The summed E-state index contributed by atoms with van der Waals surface area (Å²) in [5.41, 5.74) is 1.53. The minimum atomic E-state index is -0.104. The maximum atomic E-state index is 11.7. The van der Waals surface area contributed by atoms with Crippen LogP contribution >= 0.6 is 11.3 Å². The third-order valence-electron chi connectivity index (χ3n) is 2.97. The monoisotopic (exact) mass is 265 g/mol. The Balaban J connectivity index is 2.66. The van der Waals surface area contributed by atoms with Crippen LogP contribution in [0.15, 0.2) is 0 Å². The second-order valence-electron chi connectivity index (χ2n) is 4.34. The lowest BCUT2D eigenvalue weighted by molar-refractivity contribution is -0.115. The smallest absolute Gasteiger partial charge is 0.238 e. The molecule has 0 fully saturated rings. The van der Waals surface area contributed by atoms with Crippen molar-refractivity contribution in [3.05, 3.63) is 16.0 Å². The Bertz CT molecular complexity index is 473. The number of nitriles is 1. The Labute approximate surface area is 112 Å². The fourth-order valence-electron chi connectivity index (χ4n) is 1.43. The third kappa shape index (κ3) is 3.56. The number of aryl methyl sites for hydroxylation is 1. The van der Waals surface area contributed by atoms with Crippen LogP contribution in [-0.4, -0.2) is 18.5 Å². The highest BCUT2D eigenvalue weighted by Gasteiger charge is 2.14. The lowest BCUT2D eigenvalue weighted by atomic mass is 10.2. The summed E-state index contributed by atoms with van der Waals surface area (Å²) in [7, 11) is 0. The first-order valence-electron chi connectivity index (χ1n) is 6.02. The Kier molecular flexibility index (Phi) is 5.32. The zero-order valence-electron chi connectivity index (χ0n) is 11.3. The highest BCUT2D eigenvalue weighted by Crippen LogP contribution is 2.31. The standard InChI is InChI=1S/C13H19N3OS/c1-5-8(2)15-7-12(17)16-13-11(6-14)9(3)10(4)18-13/h8,15H,5,7H2,1-4H3,(H,16,17). The molecule has 5 heteroatoms. The summed E-state index contributed by atoms with van der Waals surface area (Å²) in [6, 6.07) is 2.46. The van der Waals surface area contributed by atoms with Gasteiger partial charge in [-0.15, -0.1) is 11.3 Å².